The minimum atomic E-state index is -3.84. The molecule has 0 radical (unpaired) electrons. The molecule has 0 atom stereocenters. The molecule has 6 N–H and O–H groups in total. The molecule has 0 aliphatic carbocycles. The maximum atomic E-state index is 11.9. The Balaban J connectivity index is 2.84. The number of primary amides is 1. The van der Waals surface area contributed by atoms with Crippen LogP contribution < -0.4 is 21.5 Å². The number of hydrogen-bond acceptors (Lipinski definition) is 4. The highest BCUT2D eigenvalue weighted by Gasteiger charge is 2.20. The number of amides is 2. The predicted octanol–water partition coefficient (Wildman–Crippen LogP) is 0.522. The van der Waals surface area contributed by atoms with Crippen molar-refractivity contribution in [3.8, 4) is 0 Å². The van der Waals surface area contributed by atoms with E-state index in [4.69, 9.17) is 34.7 Å². The van der Waals surface area contributed by atoms with Crippen LogP contribution in [0.1, 0.15) is 0 Å². The Morgan fingerprint density at radius 1 is 1.26 bits per heavy atom. The Labute approximate surface area is 120 Å². The summed E-state index contributed by atoms with van der Waals surface area (Å²) in [6, 6.07) is 1.83. The molecule has 0 spiro atoms. The predicted molar refractivity (Wildman–Crippen MR) is 73.6 cm³/mol. The molecule has 2 amide bonds. The number of anilines is 1. The lowest BCUT2D eigenvalue weighted by Gasteiger charge is -2.10. The van der Waals surface area contributed by atoms with Crippen LogP contribution in [0.5, 0.6) is 0 Å². The molecule has 0 heterocycles. The average Bonchev–Trinajstić information content (AvgIpc) is 2.31. The van der Waals surface area contributed by atoms with E-state index in [9.17, 15) is 13.2 Å². The van der Waals surface area contributed by atoms with Gasteiger partial charge in [0.15, 0.2) is 0 Å². The summed E-state index contributed by atoms with van der Waals surface area (Å²) in [6.45, 7) is 0.0133. The smallest absolute Gasteiger partial charge is 0.312 e. The first-order valence-corrected chi connectivity index (χ1v) is 7.26. The van der Waals surface area contributed by atoms with Gasteiger partial charge >= 0.3 is 6.03 Å². The molecule has 19 heavy (non-hydrogen) atoms. The van der Waals surface area contributed by atoms with Crippen LogP contribution in [0.2, 0.25) is 10.0 Å². The van der Waals surface area contributed by atoms with Crippen LogP contribution >= 0.6 is 23.2 Å². The number of halogens is 2. The van der Waals surface area contributed by atoms with E-state index in [1.165, 1.54) is 12.1 Å². The summed E-state index contributed by atoms with van der Waals surface area (Å²) in [6.07, 6.45) is 0. The number of benzene rings is 1. The third kappa shape index (κ3) is 4.13. The van der Waals surface area contributed by atoms with E-state index in [2.05, 4.69) is 10.0 Å². The van der Waals surface area contributed by atoms with Crippen LogP contribution in [-0.4, -0.2) is 27.5 Å². The van der Waals surface area contributed by atoms with E-state index in [1.807, 2.05) is 0 Å². The molecule has 0 saturated carbocycles. The van der Waals surface area contributed by atoms with Crippen molar-refractivity contribution in [3.63, 3.8) is 0 Å². The van der Waals surface area contributed by atoms with E-state index in [0.717, 1.165) is 0 Å². The number of nitrogen functional groups attached to an aromatic ring is 1. The lowest BCUT2D eigenvalue weighted by molar-refractivity contribution is 0.249. The van der Waals surface area contributed by atoms with Gasteiger partial charge in [-0.3, -0.25) is 0 Å². The van der Waals surface area contributed by atoms with Gasteiger partial charge in [-0.25, -0.2) is 17.9 Å². The summed E-state index contributed by atoms with van der Waals surface area (Å²) in [5, 5.41) is 2.25. The standard InChI is InChI=1S/C9H12Cl2N4O3S/c10-5-1-2-6(7(11)8(5)12)19(17,18)15-4-3-14-9(13)16/h1-2,15H,3-4,12H2,(H3,13,14,16). The molecule has 0 aliphatic rings. The fourth-order valence-corrected chi connectivity index (χ4v) is 3.00. The number of carbonyl (C=O) groups is 1. The van der Waals surface area contributed by atoms with Crippen LogP contribution in [0.15, 0.2) is 17.0 Å². The van der Waals surface area contributed by atoms with Crippen LogP contribution in [0.25, 0.3) is 0 Å². The average molecular weight is 327 g/mol. The topological polar surface area (TPSA) is 127 Å². The highest BCUT2D eigenvalue weighted by Crippen LogP contribution is 2.32. The number of nitrogens with one attached hydrogen (secondary N) is 2. The van der Waals surface area contributed by atoms with Crippen molar-refractivity contribution in [2.45, 2.75) is 4.90 Å². The van der Waals surface area contributed by atoms with E-state index < -0.39 is 16.1 Å². The normalized spacial score (nSPS) is 11.3. The number of carbonyl (C=O) groups excluding carboxylic acids is 1. The van der Waals surface area contributed by atoms with Crippen molar-refractivity contribution in [3.05, 3.63) is 22.2 Å². The van der Waals surface area contributed by atoms with E-state index in [0.29, 0.717) is 0 Å². The first kappa shape index (κ1) is 15.8. The van der Waals surface area contributed by atoms with Crippen molar-refractivity contribution in [1.82, 2.24) is 10.0 Å². The second-order valence-corrected chi connectivity index (χ2v) is 5.98. The van der Waals surface area contributed by atoms with Crippen molar-refractivity contribution in [2.75, 3.05) is 18.8 Å². The van der Waals surface area contributed by atoms with Crippen LogP contribution in [0.3, 0.4) is 0 Å². The zero-order valence-electron chi connectivity index (χ0n) is 9.61. The molecular formula is C9H12Cl2N4O3S. The van der Waals surface area contributed by atoms with Crippen LogP contribution in [-0.2, 0) is 10.0 Å². The van der Waals surface area contributed by atoms with Crippen LogP contribution in [0.4, 0.5) is 10.5 Å². The molecule has 1 rings (SSSR count). The maximum Gasteiger partial charge on any atom is 0.312 e. The summed E-state index contributed by atoms with van der Waals surface area (Å²) in [5.74, 6) is 0. The van der Waals surface area contributed by atoms with E-state index >= 15 is 0 Å². The third-order valence-corrected chi connectivity index (χ3v) is 4.45. The van der Waals surface area contributed by atoms with Gasteiger partial charge < -0.3 is 16.8 Å². The molecule has 10 heteroatoms. The lowest BCUT2D eigenvalue weighted by atomic mass is 10.3. The highest BCUT2D eigenvalue weighted by molar-refractivity contribution is 7.89. The molecule has 0 aromatic heterocycles. The van der Waals surface area contributed by atoms with Gasteiger partial charge in [-0.05, 0) is 12.1 Å². The van der Waals surface area contributed by atoms with Crippen LogP contribution in [0, 0.1) is 0 Å². The largest absolute Gasteiger partial charge is 0.396 e. The van der Waals surface area contributed by atoms with Crippen molar-refractivity contribution >= 4 is 44.9 Å². The van der Waals surface area contributed by atoms with E-state index in [-0.39, 0.29) is 33.7 Å². The van der Waals surface area contributed by atoms with Crippen molar-refractivity contribution < 1.29 is 13.2 Å². The molecule has 0 aliphatic heterocycles. The molecule has 106 valence electrons. The Kier molecular flexibility index (Phi) is 5.24. The van der Waals surface area contributed by atoms with Gasteiger partial charge in [-0.15, -0.1) is 0 Å². The minimum Gasteiger partial charge on any atom is -0.396 e. The lowest BCUT2D eigenvalue weighted by Crippen LogP contribution is -2.37. The fraction of sp³-hybridized carbons (Fsp3) is 0.222. The van der Waals surface area contributed by atoms with Crippen molar-refractivity contribution in [2.24, 2.45) is 5.73 Å². The molecular weight excluding hydrogens is 315 g/mol. The SMILES string of the molecule is NC(=O)NCCNS(=O)(=O)c1ccc(Cl)c(N)c1Cl. The second-order valence-electron chi connectivity index (χ2n) is 3.46. The Bertz CT molecular complexity index is 591. The number of sulfonamides is 1. The number of hydrogen-bond donors (Lipinski definition) is 4. The number of urea groups is 1. The minimum absolute atomic E-state index is 0.0125. The fourth-order valence-electron chi connectivity index (χ4n) is 1.21. The molecule has 0 saturated heterocycles. The first-order chi connectivity index (χ1) is 8.75. The quantitative estimate of drug-likeness (QED) is 0.464. The number of rotatable bonds is 5. The van der Waals surface area contributed by atoms with Gasteiger partial charge in [-0.1, -0.05) is 23.2 Å². The zero-order valence-corrected chi connectivity index (χ0v) is 11.9. The summed E-state index contributed by atoms with van der Waals surface area (Å²) in [7, 11) is -3.84. The van der Waals surface area contributed by atoms with Gasteiger partial charge in [0.05, 0.1) is 15.7 Å². The molecule has 7 nitrogen and oxygen atoms in total. The monoisotopic (exact) mass is 326 g/mol. The summed E-state index contributed by atoms with van der Waals surface area (Å²) < 4.78 is 26.1. The van der Waals surface area contributed by atoms with Crippen molar-refractivity contribution in [1.29, 1.82) is 0 Å². The summed E-state index contributed by atoms with van der Waals surface area (Å²) >= 11 is 11.5. The molecule has 1 aromatic carbocycles. The summed E-state index contributed by atoms with van der Waals surface area (Å²) in [5.41, 5.74) is 10.4. The number of nitrogens with two attached hydrogens (primary N) is 2. The van der Waals surface area contributed by atoms with Gasteiger partial charge in [0.25, 0.3) is 0 Å². The van der Waals surface area contributed by atoms with Gasteiger partial charge in [0, 0.05) is 13.1 Å². The Hall–Kier alpha value is -1.22. The van der Waals surface area contributed by atoms with Gasteiger partial charge in [0.1, 0.15) is 4.90 Å². The molecule has 0 bridgehead atoms. The second kappa shape index (κ2) is 6.29. The van der Waals surface area contributed by atoms with Gasteiger partial charge in [-0.2, -0.15) is 0 Å². The third-order valence-electron chi connectivity index (χ3n) is 2.10. The Morgan fingerprint density at radius 3 is 2.47 bits per heavy atom. The zero-order chi connectivity index (χ0) is 14.6. The first-order valence-electron chi connectivity index (χ1n) is 5.02. The summed E-state index contributed by atoms with van der Waals surface area (Å²) in [4.78, 5) is 10.2. The Morgan fingerprint density at radius 2 is 1.89 bits per heavy atom. The van der Waals surface area contributed by atoms with Gasteiger partial charge in [0.2, 0.25) is 10.0 Å². The molecule has 1 aromatic rings. The maximum absolute atomic E-state index is 11.9. The van der Waals surface area contributed by atoms with E-state index in [1.54, 1.807) is 0 Å². The highest BCUT2D eigenvalue weighted by atomic mass is 35.5. The molecule has 0 unspecified atom stereocenters. The molecule has 0 fully saturated rings.